The van der Waals surface area contributed by atoms with Crippen LogP contribution < -0.4 is 15.5 Å². The average molecular weight is 541 g/mol. The Hall–Kier alpha value is -3.35. The van der Waals surface area contributed by atoms with Crippen molar-refractivity contribution < 1.29 is 9.53 Å². The highest BCUT2D eigenvalue weighted by molar-refractivity contribution is 5.99. The third kappa shape index (κ3) is 6.34. The first-order chi connectivity index (χ1) is 19.3. The van der Waals surface area contributed by atoms with Crippen molar-refractivity contribution in [2.75, 3.05) is 44.8 Å². The fraction of sp³-hybridized carbons (Fsp3) is 0.441. The van der Waals surface area contributed by atoms with Gasteiger partial charge in [-0.3, -0.25) is 9.69 Å². The summed E-state index contributed by atoms with van der Waals surface area (Å²) in [6.45, 7) is 15.3. The molecule has 2 fully saturated rings. The van der Waals surface area contributed by atoms with Gasteiger partial charge in [-0.15, -0.1) is 0 Å². The number of benzene rings is 2. The Labute approximate surface area is 239 Å². The van der Waals surface area contributed by atoms with Gasteiger partial charge in [-0.25, -0.2) is 0 Å². The van der Waals surface area contributed by atoms with Crippen LogP contribution in [0.15, 0.2) is 71.6 Å². The number of amides is 1. The predicted molar refractivity (Wildman–Crippen MR) is 164 cm³/mol. The van der Waals surface area contributed by atoms with Gasteiger partial charge in [-0.05, 0) is 85.2 Å². The molecule has 1 saturated carbocycles. The average Bonchev–Trinajstić information content (AvgIpc) is 3.48. The zero-order valence-electron chi connectivity index (χ0n) is 24.6. The van der Waals surface area contributed by atoms with Crippen LogP contribution in [-0.2, 0) is 11.3 Å². The van der Waals surface area contributed by atoms with Gasteiger partial charge in [0.25, 0.3) is 5.91 Å². The summed E-state index contributed by atoms with van der Waals surface area (Å²) >= 11 is 0. The molecule has 1 saturated heterocycles. The standard InChI is InChI=1S/C34H44N4O2/c1-23-18-24(2)36-26(4)32(23)21-35-34(39)31-19-29(20-33(25(31)3)37(5)30-8-6-7-9-30)28-12-10-27(11-13-28)22-38-14-16-40-17-15-38/h10-13,18-20,30,36H,4,6-9,14-17,21-22H2,1-3,5H3,(H,35,39). The highest BCUT2D eigenvalue weighted by Gasteiger charge is 2.24. The molecular weight excluding hydrogens is 496 g/mol. The Balaban J connectivity index is 1.42. The van der Waals surface area contributed by atoms with Crippen molar-refractivity contribution in [3.05, 3.63) is 88.3 Å². The number of nitrogens with zero attached hydrogens (tertiary/aromatic N) is 2. The van der Waals surface area contributed by atoms with Crippen LogP contribution in [0.2, 0.25) is 0 Å². The van der Waals surface area contributed by atoms with Crippen molar-refractivity contribution in [1.82, 2.24) is 15.5 Å². The van der Waals surface area contributed by atoms with Crippen LogP contribution in [0, 0.1) is 6.92 Å². The minimum absolute atomic E-state index is 0.0521. The molecule has 1 amide bonds. The lowest BCUT2D eigenvalue weighted by Gasteiger charge is -2.30. The van der Waals surface area contributed by atoms with Crippen LogP contribution in [0.25, 0.3) is 11.1 Å². The Morgan fingerprint density at radius 2 is 1.77 bits per heavy atom. The number of morpholine rings is 1. The molecule has 0 unspecified atom stereocenters. The van der Waals surface area contributed by atoms with E-state index < -0.39 is 0 Å². The molecule has 0 spiro atoms. The molecule has 2 heterocycles. The van der Waals surface area contributed by atoms with E-state index in [1.807, 2.05) is 6.92 Å². The lowest BCUT2D eigenvalue weighted by molar-refractivity contribution is 0.0342. The second-order valence-electron chi connectivity index (χ2n) is 11.6. The normalized spacial score (nSPS) is 18.5. The number of carbonyl (C=O) groups excluding carboxylic acids is 1. The maximum atomic E-state index is 13.7. The summed E-state index contributed by atoms with van der Waals surface area (Å²) < 4.78 is 5.50. The van der Waals surface area contributed by atoms with Crippen LogP contribution >= 0.6 is 0 Å². The largest absolute Gasteiger partial charge is 0.379 e. The van der Waals surface area contributed by atoms with Gasteiger partial charge >= 0.3 is 0 Å². The molecule has 6 heteroatoms. The summed E-state index contributed by atoms with van der Waals surface area (Å²) in [4.78, 5) is 18.5. The van der Waals surface area contributed by atoms with Crippen molar-refractivity contribution in [2.45, 2.75) is 59.0 Å². The molecule has 2 N–H and O–H groups in total. The fourth-order valence-electron chi connectivity index (χ4n) is 6.29. The Morgan fingerprint density at radius 3 is 2.45 bits per heavy atom. The summed E-state index contributed by atoms with van der Waals surface area (Å²) in [6, 6.07) is 13.7. The number of anilines is 1. The molecule has 0 aromatic heterocycles. The summed E-state index contributed by atoms with van der Waals surface area (Å²) in [7, 11) is 2.19. The van der Waals surface area contributed by atoms with Crippen molar-refractivity contribution in [2.24, 2.45) is 0 Å². The number of hydrogen-bond acceptors (Lipinski definition) is 5. The van der Waals surface area contributed by atoms with Gasteiger partial charge in [0.05, 0.1) is 13.2 Å². The van der Waals surface area contributed by atoms with Crippen molar-refractivity contribution in [3.8, 4) is 11.1 Å². The summed E-state index contributed by atoms with van der Waals surface area (Å²) in [5, 5.41) is 6.49. The van der Waals surface area contributed by atoms with E-state index in [-0.39, 0.29) is 5.91 Å². The second-order valence-corrected chi connectivity index (χ2v) is 11.6. The smallest absolute Gasteiger partial charge is 0.251 e. The number of dihydropyridines is 1. The Bertz CT molecular complexity index is 1310. The van der Waals surface area contributed by atoms with E-state index in [2.05, 4.69) is 90.4 Å². The molecule has 2 aromatic carbocycles. The van der Waals surface area contributed by atoms with Gasteiger partial charge < -0.3 is 20.3 Å². The van der Waals surface area contributed by atoms with Crippen LogP contribution in [0.4, 0.5) is 5.69 Å². The van der Waals surface area contributed by atoms with Gasteiger partial charge in [-0.2, -0.15) is 0 Å². The highest BCUT2D eigenvalue weighted by Crippen LogP contribution is 2.35. The van der Waals surface area contributed by atoms with E-state index in [1.54, 1.807) is 0 Å². The minimum Gasteiger partial charge on any atom is -0.379 e. The second kappa shape index (κ2) is 12.4. The van der Waals surface area contributed by atoms with E-state index >= 15 is 0 Å². The molecule has 2 aliphatic heterocycles. The maximum Gasteiger partial charge on any atom is 0.251 e. The SMILES string of the molecule is C=C1NC(C)=CC(C)=C1CNC(=O)c1cc(-c2ccc(CN3CCOCC3)cc2)cc(N(C)C2CCCC2)c1C. The molecule has 2 aromatic rings. The molecule has 212 valence electrons. The summed E-state index contributed by atoms with van der Waals surface area (Å²) in [5.41, 5.74) is 10.5. The lowest BCUT2D eigenvalue weighted by atomic mass is 9.95. The Kier molecular flexibility index (Phi) is 8.77. The molecule has 40 heavy (non-hydrogen) atoms. The first kappa shape index (κ1) is 28.2. The molecule has 3 aliphatic rings. The number of ether oxygens (including phenoxy) is 1. The van der Waals surface area contributed by atoms with E-state index in [9.17, 15) is 4.79 Å². The maximum absolute atomic E-state index is 13.7. The molecular formula is C34H44N4O2. The fourth-order valence-corrected chi connectivity index (χ4v) is 6.29. The monoisotopic (exact) mass is 540 g/mol. The third-order valence-corrected chi connectivity index (χ3v) is 8.72. The zero-order valence-corrected chi connectivity index (χ0v) is 24.6. The van der Waals surface area contributed by atoms with Crippen LogP contribution in [0.1, 0.15) is 61.0 Å². The number of hydrogen-bond donors (Lipinski definition) is 2. The van der Waals surface area contributed by atoms with E-state index in [4.69, 9.17) is 4.74 Å². The summed E-state index contributed by atoms with van der Waals surface area (Å²) in [5.74, 6) is -0.0521. The van der Waals surface area contributed by atoms with Gasteiger partial charge in [-0.1, -0.05) is 43.7 Å². The predicted octanol–water partition coefficient (Wildman–Crippen LogP) is 5.94. The van der Waals surface area contributed by atoms with Gasteiger partial charge in [0.1, 0.15) is 0 Å². The minimum atomic E-state index is -0.0521. The first-order valence-electron chi connectivity index (χ1n) is 14.7. The van der Waals surface area contributed by atoms with Crippen molar-refractivity contribution in [3.63, 3.8) is 0 Å². The van der Waals surface area contributed by atoms with Crippen LogP contribution in [0.3, 0.4) is 0 Å². The lowest BCUT2D eigenvalue weighted by Crippen LogP contribution is -2.35. The van der Waals surface area contributed by atoms with E-state index in [0.717, 1.165) is 83.3 Å². The molecule has 0 bridgehead atoms. The molecule has 5 rings (SSSR count). The number of carbonyl (C=O) groups is 1. The number of nitrogens with one attached hydrogen (secondary N) is 2. The molecule has 0 atom stereocenters. The highest BCUT2D eigenvalue weighted by atomic mass is 16.5. The molecule has 0 radical (unpaired) electrons. The molecule has 1 aliphatic carbocycles. The number of allylic oxidation sites excluding steroid dienone is 3. The van der Waals surface area contributed by atoms with E-state index in [0.29, 0.717) is 12.6 Å². The topological polar surface area (TPSA) is 56.8 Å². The van der Waals surface area contributed by atoms with Crippen molar-refractivity contribution >= 4 is 11.6 Å². The van der Waals surface area contributed by atoms with Crippen molar-refractivity contribution in [1.29, 1.82) is 0 Å². The van der Waals surface area contributed by atoms with Gasteiger partial charge in [0, 0.05) is 61.9 Å². The summed E-state index contributed by atoms with van der Waals surface area (Å²) in [6.07, 6.45) is 7.04. The van der Waals surface area contributed by atoms with Gasteiger partial charge in [0.15, 0.2) is 0 Å². The number of rotatable bonds is 8. The van der Waals surface area contributed by atoms with E-state index in [1.165, 1.54) is 31.2 Å². The Morgan fingerprint density at radius 1 is 1.07 bits per heavy atom. The van der Waals surface area contributed by atoms with Crippen LogP contribution in [0.5, 0.6) is 0 Å². The quantitative estimate of drug-likeness (QED) is 0.434. The molecule has 6 nitrogen and oxygen atoms in total. The van der Waals surface area contributed by atoms with Gasteiger partial charge in [0.2, 0.25) is 0 Å². The third-order valence-electron chi connectivity index (χ3n) is 8.72. The zero-order chi connectivity index (χ0) is 28.2. The van der Waals surface area contributed by atoms with Crippen LogP contribution in [-0.4, -0.2) is 56.7 Å². The first-order valence-corrected chi connectivity index (χ1v) is 14.7.